The predicted molar refractivity (Wildman–Crippen MR) is 82.6 cm³/mol. The molecule has 1 aromatic heterocycles. The summed E-state index contributed by atoms with van der Waals surface area (Å²) in [7, 11) is 0. The van der Waals surface area contributed by atoms with Crippen LogP contribution in [0.15, 0.2) is 12.4 Å². The lowest BCUT2D eigenvalue weighted by atomic mass is 9.91. The molecule has 3 rings (SSSR count). The van der Waals surface area contributed by atoms with Gasteiger partial charge in [-0.1, -0.05) is 13.8 Å². The summed E-state index contributed by atoms with van der Waals surface area (Å²) < 4.78 is 2.34. The van der Waals surface area contributed by atoms with Crippen molar-refractivity contribution >= 4 is 0 Å². The number of rotatable bonds is 8. The topological polar surface area (TPSA) is 29.9 Å². The van der Waals surface area contributed by atoms with E-state index in [0.29, 0.717) is 6.04 Å². The number of aryl methyl sites for hydroxylation is 1. The average molecular weight is 275 g/mol. The van der Waals surface area contributed by atoms with E-state index in [1.54, 1.807) is 0 Å². The van der Waals surface area contributed by atoms with Gasteiger partial charge in [0.15, 0.2) is 0 Å². The Balaban J connectivity index is 1.63. The number of hydrogen-bond acceptors (Lipinski definition) is 2. The van der Waals surface area contributed by atoms with Gasteiger partial charge in [0.05, 0.1) is 0 Å². The van der Waals surface area contributed by atoms with Crippen molar-refractivity contribution in [1.82, 2.24) is 14.9 Å². The van der Waals surface area contributed by atoms with Crippen molar-refractivity contribution in [3.05, 3.63) is 18.2 Å². The van der Waals surface area contributed by atoms with E-state index in [-0.39, 0.29) is 0 Å². The maximum absolute atomic E-state index is 4.61. The Morgan fingerprint density at radius 1 is 1.25 bits per heavy atom. The van der Waals surface area contributed by atoms with Gasteiger partial charge < -0.3 is 9.88 Å². The molecular formula is C17H29N3. The number of hydrogen-bond donors (Lipinski definition) is 1. The SMILES string of the molecule is CCCNC(Cc1nccn1CCC)C1CC2CC2C1. The van der Waals surface area contributed by atoms with Crippen LogP contribution in [0.1, 0.15) is 51.8 Å². The number of imidazole rings is 1. The van der Waals surface area contributed by atoms with Crippen molar-refractivity contribution in [3.8, 4) is 0 Å². The molecule has 0 aromatic carbocycles. The zero-order valence-corrected chi connectivity index (χ0v) is 13.0. The molecule has 112 valence electrons. The van der Waals surface area contributed by atoms with Crippen molar-refractivity contribution in [2.45, 2.75) is 65.0 Å². The Kier molecular flexibility index (Phi) is 4.45. The second-order valence-electron chi connectivity index (χ2n) is 6.79. The van der Waals surface area contributed by atoms with Crippen molar-refractivity contribution < 1.29 is 0 Å². The summed E-state index contributed by atoms with van der Waals surface area (Å²) in [6, 6.07) is 0.640. The second kappa shape index (κ2) is 6.30. The van der Waals surface area contributed by atoms with Crippen LogP contribution < -0.4 is 5.32 Å². The van der Waals surface area contributed by atoms with Gasteiger partial charge in [0.25, 0.3) is 0 Å². The number of nitrogens with zero attached hydrogens (tertiary/aromatic N) is 2. The largest absolute Gasteiger partial charge is 0.335 e. The van der Waals surface area contributed by atoms with E-state index in [0.717, 1.165) is 37.3 Å². The van der Waals surface area contributed by atoms with Crippen molar-refractivity contribution in [1.29, 1.82) is 0 Å². The standard InChI is InChI=1S/C17H29N3/c1-3-5-18-16(15-10-13-9-14(13)11-15)12-17-19-6-8-20(17)7-4-2/h6,8,13-16,18H,3-5,7,9-12H2,1-2H3. The fraction of sp³-hybridized carbons (Fsp3) is 0.824. The highest BCUT2D eigenvalue weighted by atomic mass is 15.1. The molecule has 2 saturated carbocycles. The van der Waals surface area contributed by atoms with Crippen LogP contribution in [-0.4, -0.2) is 22.1 Å². The molecule has 1 N–H and O–H groups in total. The summed E-state index contributed by atoms with van der Waals surface area (Å²) in [6.07, 6.45) is 12.1. The Morgan fingerprint density at radius 2 is 2.05 bits per heavy atom. The van der Waals surface area contributed by atoms with Gasteiger partial charge in [0.1, 0.15) is 5.82 Å². The lowest BCUT2D eigenvalue weighted by Crippen LogP contribution is -2.38. The van der Waals surface area contributed by atoms with Crippen LogP contribution in [0.2, 0.25) is 0 Å². The minimum atomic E-state index is 0.640. The molecule has 2 aliphatic carbocycles. The van der Waals surface area contributed by atoms with Crippen LogP contribution in [0.4, 0.5) is 0 Å². The maximum Gasteiger partial charge on any atom is 0.110 e. The molecule has 0 bridgehead atoms. The van der Waals surface area contributed by atoms with Gasteiger partial charge in [-0.25, -0.2) is 4.98 Å². The molecule has 3 unspecified atom stereocenters. The molecule has 1 heterocycles. The Bertz CT molecular complexity index is 416. The lowest BCUT2D eigenvalue weighted by molar-refractivity contribution is 0.325. The highest BCUT2D eigenvalue weighted by Crippen LogP contribution is 2.55. The molecule has 3 atom stereocenters. The monoisotopic (exact) mass is 275 g/mol. The fourth-order valence-electron chi connectivity index (χ4n) is 4.00. The zero-order chi connectivity index (χ0) is 13.9. The Labute approximate surface area is 123 Å². The third-order valence-corrected chi connectivity index (χ3v) is 5.17. The molecule has 0 amide bonds. The van der Waals surface area contributed by atoms with E-state index in [1.165, 1.54) is 37.9 Å². The third kappa shape index (κ3) is 3.08. The van der Waals surface area contributed by atoms with Crippen molar-refractivity contribution in [2.24, 2.45) is 17.8 Å². The van der Waals surface area contributed by atoms with Crippen LogP contribution >= 0.6 is 0 Å². The Hall–Kier alpha value is -0.830. The highest BCUT2D eigenvalue weighted by Gasteiger charge is 2.47. The van der Waals surface area contributed by atoms with Crippen LogP contribution in [0.5, 0.6) is 0 Å². The summed E-state index contributed by atoms with van der Waals surface area (Å²) in [4.78, 5) is 4.61. The van der Waals surface area contributed by atoms with E-state index in [2.05, 4.69) is 34.9 Å². The van der Waals surface area contributed by atoms with Gasteiger partial charge in [0, 0.05) is 31.4 Å². The number of fused-ring (bicyclic) bond motifs is 1. The summed E-state index contributed by atoms with van der Waals surface area (Å²) >= 11 is 0. The molecule has 0 radical (unpaired) electrons. The van der Waals surface area contributed by atoms with Gasteiger partial charge in [-0.15, -0.1) is 0 Å². The first-order chi connectivity index (χ1) is 9.81. The maximum atomic E-state index is 4.61. The second-order valence-corrected chi connectivity index (χ2v) is 6.79. The van der Waals surface area contributed by atoms with E-state index in [4.69, 9.17) is 0 Å². The molecule has 3 heteroatoms. The summed E-state index contributed by atoms with van der Waals surface area (Å²) in [6.45, 7) is 6.74. The van der Waals surface area contributed by atoms with Gasteiger partial charge in [0.2, 0.25) is 0 Å². The first-order valence-corrected chi connectivity index (χ1v) is 8.55. The molecule has 2 fully saturated rings. The Morgan fingerprint density at radius 3 is 2.75 bits per heavy atom. The van der Waals surface area contributed by atoms with E-state index >= 15 is 0 Å². The van der Waals surface area contributed by atoms with Crippen molar-refractivity contribution in [3.63, 3.8) is 0 Å². The van der Waals surface area contributed by atoms with E-state index < -0.39 is 0 Å². The molecule has 0 aliphatic heterocycles. The van der Waals surface area contributed by atoms with E-state index in [1.807, 2.05) is 6.20 Å². The van der Waals surface area contributed by atoms with Crippen LogP contribution in [-0.2, 0) is 13.0 Å². The van der Waals surface area contributed by atoms with Crippen LogP contribution in [0.25, 0.3) is 0 Å². The summed E-state index contributed by atoms with van der Waals surface area (Å²) in [5, 5.41) is 3.81. The third-order valence-electron chi connectivity index (χ3n) is 5.17. The van der Waals surface area contributed by atoms with Crippen molar-refractivity contribution in [2.75, 3.05) is 6.54 Å². The quantitative estimate of drug-likeness (QED) is 0.789. The minimum absolute atomic E-state index is 0.640. The first-order valence-electron chi connectivity index (χ1n) is 8.55. The minimum Gasteiger partial charge on any atom is -0.335 e. The summed E-state index contributed by atoms with van der Waals surface area (Å²) in [5.41, 5.74) is 0. The normalized spacial score (nSPS) is 29.4. The van der Waals surface area contributed by atoms with Crippen LogP contribution in [0, 0.1) is 17.8 Å². The highest BCUT2D eigenvalue weighted by molar-refractivity contribution is 5.03. The fourth-order valence-corrected chi connectivity index (χ4v) is 4.00. The molecule has 2 aliphatic rings. The molecule has 1 aromatic rings. The van der Waals surface area contributed by atoms with Gasteiger partial charge >= 0.3 is 0 Å². The smallest absolute Gasteiger partial charge is 0.110 e. The molecule has 3 nitrogen and oxygen atoms in total. The lowest BCUT2D eigenvalue weighted by Gasteiger charge is -2.26. The molecular weight excluding hydrogens is 246 g/mol. The number of nitrogens with one attached hydrogen (secondary N) is 1. The molecule has 20 heavy (non-hydrogen) atoms. The number of aromatic nitrogens is 2. The average Bonchev–Trinajstić information content (AvgIpc) is 2.87. The van der Waals surface area contributed by atoms with Gasteiger partial charge in [-0.3, -0.25) is 0 Å². The summed E-state index contributed by atoms with van der Waals surface area (Å²) in [5.74, 6) is 4.31. The zero-order valence-electron chi connectivity index (χ0n) is 13.0. The molecule has 0 saturated heterocycles. The van der Waals surface area contributed by atoms with Gasteiger partial charge in [-0.05, 0) is 56.4 Å². The predicted octanol–water partition coefficient (Wildman–Crippen LogP) is 3.25. The van der Waals surface area contributed by atoms with Crippen LogP contribution in [0.3, 0.4) is 0 Å². The first kappa shape index (κ1) is 14.1. The molecule has 0 spiro atoms. The van der Waals surface area contributed by atoms with Gasteiger partial charge in [-0.2, -0.15) is 0 Å². The van der Waals surface area contributed by atoms with E-state index in [9.17, 15) is 0 Å².